The van der Waals surface area contributed by atoms with Crippen LogP contribution in [0.3, 0.4) is 0 Å². The number of ketones is 1. The van der Waals surface area contributed by atoms with E-state index in [1.54, 1.807) is 36.4 Å². The first kappa shape index (κ1) is 15.0. The molecule has 0 bridgehead atoms. The number of hydrogen-bond donors (Lipinski definition) is 1. The van der Waals surface area contributed by atoms with Gasteiger partial charge in [-0.25, -0.2) is 0 Å². The van der Waals surface area contributed by atoms with Crippen molar-refractivity contribution in [2.24, 2.45) is 0 Å². The van der Waals surface area contributed by atoms with Crippen molar-refractivity contribution in [1.29, 1.82) is 0 Å². The molecule has 0 aromatic heterocycles. The molecule has 2 aromatic rings. The van der Waals surface area contributed by atoms with Crippen LogP contribution in [0.25, 0.3) is 6.08 Å². The number of aromatic hydroxyl groups is 1. The van der Waals surface area contributed by atoms with Crippen LogP contribution in [0.2, 0.25) is 0 Å². The van der Waals surface area contributed by atoms with Crippen molar-refractivity contribution < 1.29 is 9.90 Å². The van der Waals surface area contributed by atoms with Crippen molar-refractivity contribution in [2.45, 2.75) is 25.7 Å². The Labute approximate surface area is 125 Å². The minimum atomic E-state index is 0.149. The van der Waals surface area contributed by atoms with E-state index >= 15 is 0 Å². The highest BCUT2D eigenvalue weighted by Crippen LogP contribution is 2.11. The number of hydrogen-bond acceptors (Lipinski definition) is 2. The quantitative estimate of drug-likeness (QED) is 0.603. The highest BCUT2D eigenvalue weighted by molar-refractivity contribution is 5.93. The number of phenolic OH excluding ortho intramolecular Hbond substituents is 1. The van der Waals surface area contributed by atoms with Crippen LogP contribution < -0.4 is 0 Å². The van der Waals surface area contributed by atoms with Gasteiger partial charge in [0, 0.05) is 6.42 Å². The molecule has 2 nitrogen and oxygen atoms in total. The van der Waals surface area contributed by atoms with Gasteiger partial charge in [0.15, 0.2) is 5.78 Å². The molecule has 0 saturated heterocycles. The van der Waals surface area contributed by atoms with E-state index in [1.165, 1.54) is 5.56 Å². The van der Waals surface area contributed by atoms with Crippen LogP contribution in [0.1, 0.15) is 30.4 Å². The number of carbonyl (C=O) groups is 1. The first-order valence-electron chi connectivity index (χ1n) is 7.28. The van der Waals surface area contributed by atoms with E-state index in [0.717, 1.165) is 24.8 Å². The second-order valence-electron chi connectivity index (χ2n) is 5.08. The molecule has 2 aromatic carbocycles. The summed E-state index contributed by atoms with van der Waals surface area (Å²) in [5.74, 6) is 0.385. The molecule has 2 rings (SSSR count). The molecule has 0 spiro atoms. The summed E-state index contributed by atoms with van der Waals surface area (Å²) in [5, 5.41) is 9.18. The summed E-state index contributed by atoms with van der Waals surface area (Å²) in [6.07, 6.45) is 6.96. The molecule has 0 saturated carbocycles. The zero-order valence-electron chi connectivity index (χ0n) is 12.0. The van der Waals surface area contributed by atoms with Gasteiger partial charge < -0.3 is 5.11 Å². The fraction of sp³-hybridized carbons (Fsp3) is 0.211. The van der Waals surface area contributed by atoms with Gasteiger partial charge in [0.05, 0.1) is 0 Å². The topological polar surface area (TPSA) is 37.3 Å². The zero-order chi connectivity index (χ0) is 14.9. The van der Waals surface area contributed by atoms with E-state index in [0.29, 0.717) is 6.42 Å². The Morgan fingerprint density at radius 3 is 2.38 bits per heavy atom. The Kier molecular flexibility index (Phi) is 5.77. The van der Waals surface area contributed by atoms with Crippen LogP contribution in [-0.4, -0.2) is 10.9 Å². The maximum atomic E-state index is 11.8. The summed E-state index contributed by atoms with van der Waals surface area (Å²) in [6.45, 7) is 0. The summed E-state index contributed by atoms with van der Waals surface area (Å²) in [5.41, 5.74) is 2.25. The first-order chi connectivity index (χ1) is 10.2. The number of unbranched alkanes of at least 4 members (excludes halogenated alkanes) is 1. The smallest absolute Gasteiger partial charge is 0.155 e. The molecule has 0 radical (unpaired) electrons. The maximum absolute atomic E-state index is 11.8. The molecule has 0 aliphatic heterocycles. The largest absolute Gasteiger partial charge is 0.508 e. The summed E-state index contributed by atoms with van der Waals surface area (Å²) >= 11 is 0. The Morgan fingerprint density at radius 1 is 0.952 bits per heavy atom. The summed E-state index contributed by atoms with van der Waals surface area (Å²) in [6, 6.07) is 17.1. The average Bonchev–Trinajstić information content (AvgIpc) is 2.52. The van der Waals surface area contributed by atoms with Crippen LogP contribution in [0.4, 0.5) is 0 Å². The number of rotatable bonds is 7. The van der Waals surface area contributed by atoms with Crippen LogP contribution >= 0.6 is 0 Å². The molecule has 108 valence electrons. The molecule has 0 unspecified atom stereocenters. The fourth-order valence-corrected chi connectivity index (χ4v) is 2.13. The third-order valence-corrected chi connectivity index (χ3v) is 3.34. The van der Waals surface area contributed by atoms with Crippen molar-refractivity contribution in [2.75, 3.05) is 0 Å². The molecule has 0 amide bonds. The number of benzene rings is 2. The highest BCUT2D eigenvalue weighted by atomic mass is 16.3. The first-order valence-corrected chi connectivity index (χ1v) is 7.28. The van der Waals surface area contributed by atoms with E-state index in [4.69, 9.17) is 0 Å². The van der Waals surface area contributed by atoms with Gasteiger partial charge in [-0.3, -0.25) is 4.79 Å². The Balaban J connectivity index is 1.69. The predicted octanol–water partition coefficient (Wildman–Crippen LogP) is 4.39. The monoisotopic (exact) mass is 280 g/mol. The maximum Gasteiger partial charge on any atom is 0.155 e. The van der Waals surface area contributed by atoms with Crippen molar-refractivity contribution in [3.8, 4) is 5.75 Å². The zero-order valence-corrected chi connectivity index (χ0v) is 12.0. The number of phenols is 1. The van der Waals surface area contributed by atoms with Gasteiger partial charge in [-0.05, 0) is 48.6 Å². The van der Waals surface area contributed by atoms with Gasteiger partial charge in [-0.15, -0.1) is 0 Å². The fourth-order valence-electron chi connectivity index (χ4n) is 2.13. The molecule has 21 heavy (non-hydrogen) atoms. The lowest BCUT2D eigenvalue weighted by molar-refractivity contribution is -0.114. The number of allylic oxidation sites excluding steroid dienone is 1. The second kappa shape index (κ2) is 8.05. The summed E-state index contributed by atoms with van der Waals surface area (Å²) < 4.78 is 0. The highest BCUT2D eigenvalue weighted by Gasteiger charge is 1.98. The van der Waals surface area contributed by atoms with Crippen molar-refractivity contribution in [1.82, 2.24) is 0 Å². The van der Waals surface area contributed by atoms with E-state index in [1.807, 2.05) is 18.2 Å². The van der Waals surface area contributed by atoms with Crippen molar-refractivity contribution >= 4 is 11.9 Å². The van der Waals surface area contributed by atoms with Gasteiger partial charge in [0.2, 0.25) is 0 Å². The molecule has 2 heteroatoms. The average molecular weight is 280 g/mol. The predicted molar refractivity (Wildman–Crippen MR) is 86.1 cm³/mol. The van der Waals surface area contributed by atoms with Gasteiger partial charge in [0.25, 0.3) is 0 Å². The second-order valence-corrected chi connectivity index (χ2v) is 5.08. The number of aryl methyl sites for hydroxylation is 1. The normalized spacial score (nSPS) is 10.9. The Hall–Kier alpha value is -2.35. The number of carbonyl (C=O) groups excluding carboxylic acids is 1. The molecule has 0 atom stereocenters. The minimum Gasteiger partial charge on any atom is -0.508 e. The molecular weight excluding hydrogens is 260 g/mol. The van der Waals surface area contributed by atoms with Gasteiger partial charge >= 0.3 is 0 Å². The third kappa shape index (κ3) is 5.65. The SMILES string of the molecule is O=C(/C=C/c1ccc(O)cc1)CCCCc1ccccc1. The lowest BCUT2D eigenvalue weighted by Gasteiger charge is -2.00. The van der Waals surface area contributed by atoms with Gasteiger partial charge in [0.1, 0.15) is 5.75 Å². The third-order valence-electron chi connectivity index (χ3n) is 3.34. The van der Waals surface area contributed by atoms with Crippen LogP contribution in [0.15, 0.2) is 60.7 Å². The molecule has 0 aliphatic rings. The van der Waals surface area contributed by atoms with E-state index in [-0.39, 0.29) is 11.5 Å². The van der Waals surface area contributed by atoms with E-state index < -0.39 is 0 Å². The van der Waals surface area contributed by atoms with Crippen molar-refractivity contribution in [3.05, 3.63) is 71.8 Å². The van der Waals surface area contributed by atoms with Crippen LogP contribution in [-0.2, 0) is 11.2 Å². The van der Waals surface area contributed by atoms with Gasteiger partial charge in [-0.2, -0.15) is 0 Å². The lowest BCUT2D eigenvalue weighted by atomic mass is 10.1. The summed E-state index contributed by atoms with van der Waals surface area (Å²) in [7, 11) is 0. The van der Waals surface area contributed by atoms with E-state index in [2.05, 4.69) is 12.1 Å². The Morgan fingerprint density at radius 2 is 1.67 bits per heavy atom. The van der Waals surface area contributed by atoms with Crippen LogP contribution in [0.5, 0.6) is 5.75 Å². The summed E-state index contributed by atoms with van der Waals surface area (Å²) in [4.78, 5) is 11.8. The molecule has 1 N–H and O–H groups in total. The van der Waals surface area contributed by atoms with Crippen LogP contribution in [0, 0.1) is 0 Å². The molecular formula is C19H20O2. The van der Waals surface area contributed by atoms with Gasteiger partial charge in [-0.1, -0.05) is 48.5 Å². The molecule has 0 aliphatic carbocycles. The van der Waals surface area contributed by atoms with Crippen molar-refractivity contribution in [3.63, 3.8) is 0 Å². The lowest BCUT2D eigenvalue weighted by Crippen LogP contribution is -1.93. The Bertz CT molecular complexity index is 583. The minimum absolute atomic E-state index is 0.149. The molecule has 0 fully saturated rings. The molecule has 0 heterocycles. The van der Waals surface area contributed by atoms with E-state index in [9.17, 15) is 9.90 Å². The standard InChI is InChI=1S/C19H20O2/c20-18(13-10-17-11-14-19(21)15-12-17)9-5-4-8-16-6-2-1-3-7-16/h1-3,6-7,10-15,21H,4-5,8-9H2/b13-10+.